The van der Waals surface area contributed by atoms with Crippen molar-refractivity contribution in [2.24, 2.45) is 13.0 Å². The van der Waals surface area contributed by atoms with Crippen molar-refractivity contribution in [2.75, 3.05) is 19.7 Å². The first-order valence-electron chi connectivity index (χ1n) is 7.79. The Balaban J connectivity index is 1.89. The number of nitrogens with zero attached hydrogens (tertiary/aromatic N) is 3. The van der Waals surface area contributed by atoms with Crippen LogP contribution in [0.15, 0.2) is 30.5 Å². The van der Waals surface area contributed by atoms with Crippen LogP contribution in [0.4, 0.5) is 0 Å². The largest absolute Gasteiger partial charge is 0.396 e. The lowest BCUT2D eigenvalue weighted by atomic mass is 9.97. The van der Waals surface area contributed by atoms with Crippen LogP contribution >= 0.6 is 11.6 Å². The van der Waals surface area contributed by atoms with Crippen LogP contribution in [0.5, 0.6) is 0 Å². The van der Waals surface area contributed by atoms with Crippen LogP contribution in [0.2, 0.25) is 5.02 Å². The van der Waals surface area contributed by atoms with E-state index < -0.39 is 0 Å². The number of hydrogen-bond donors (Lipinski definition) is 1. The fraction of sp³-hybridized carbons (Fsp3) is 0.412. The molecular weight excluding hydrogens is 314 g/mol. The van der Waals surface area contributed by atoms with E-state index in [0.717, 1.165) is 18.4 Å². The molecule has 3 rings (SSSR count). The van der Waals surface area contributed by atoms with Gasteiger partial charge in [-0.25, -0.2) is 0 Å². The van der Waals surface area contributed by atoms with E-state index in [4.69, 9.17) is 11.6 Å². The molecule has 1 aromatic heterocycles. The highest BCUT2D eigenvalue weighted by molar-refractivity contribution is 6.33. The maximum atomic E-state index is 12.9. The Morgan fingerprint density at radius 2 is 2.04 bits per heavy atom. The van der Waals surface area contributed by atoms with Gasteiger partial charge < -0.3 is 10.0 Å². The monoisotopic (exact) mass is 333 g/mol. The number of amides is 1. The summed E-state index contributed by atoms with van der Waals surface area (Å²) in [6, 6.07) is 7.42. The molecule has 6 heteroatoms. The maximum absolute atomic E-state index is 12.9. The molecule has 0 aliphatic carbocycles. The van der Waals surface area contributed by atoms with Gasteiger partial charge in [0.25, 0.3) is 5.91 Å². The molecule has 0 spiro atoms. The van der Waals surface area contributed by atoms with Crippen molar-refractivity contribution in [1.29, 1.82) is 0 Å². The number of carbonyl (C=O) groups is 1. The number of benzene rings is 1. The molecule has 0 unspecified atom stereocenters. The zero-order valence-electron chi connectivity index (χ0n) is 13.1. The fourth-order valence-corrected chi connectivity index (χ4v) is 3.21. The zero-order chi connectivity index (χ0) is 16.4. The van der Waals surface area contributed by atoms with Gasteiger partial charge >= 0.3 is 0 Å². The molecular formula is C17H20ClN3O2. The molecule has 0 radical (unpaired) electrons. The molecule has 2 aromatic rings. The highest BCUT2D eigenvalue weighted by atomic mass is 35.5. The second-order valence-corrected chi connectivity index (χ2v) is 6.37. The third-order valence-corrected chi connectivity index (χ3v) is 4.68. The van der Waals surface area contributed by atoms with Crippen LogP contribution in [-0.2, 0) is 7.05 Å². The number of aromatic nitrogens is 2. The molecule has 23 heavy (non-hydrogen) atoms. The molecule has 0 bridgehead atoms. The number of aryl methyl sites for hydroxylation is 1. The molecule has 2 heterocycles. The van der Waals surface area contributed by atoms with Crippen LogP contribution in [0, 0.1) is 5.92 Å². The fourth-order valence-electron chi connectivity index (χ4n) is 2.99. The topological polar surface area (TPSA) is 58.4 Å². The van der Waals surface area contributed by atoms with Crippen molar-refractivity contribution < 1.29 is 9.90 Å². The van der Waals surface area contributed by atoms with E-state index in [9.17, 15) is 9.90 Å². The normalized spacial score (nSPS) is 15.9. The van der Waals surface area contributed by atoms with E-state index in [0.29, 0.717) is 35.3 Å². The van der Waals surface area contributed by atoms with E-state index in [1.165, 1.54) is 0 Å². The van der Waals surface area contributed by atoms with E-state index in [2.05, 4.69) is 5.10 Å². The summed E-state index contributed by atoms with van der Waals surface area (Å²) >= 11 is 6.27. The van der Waals surface area contributed by atoms with Crippen LogP contribution in [0.3, 0.4) is 0 Å². The number of halogens is 1. The maximum Gasteiger partial charge on any atom is 0.257 e. The first-order chi connectivity index (χ1) is 11.1. The Kier molecular flexibility index (Phi) is 4.68. The van der Waals surface area contributed by atoms with Gasteiger partial charge in [-0.1, -0.05) is 29.8 Å². The summed E-state index contributed by atoms with van der Waals surface area (Å²) in [6.45, 7) is 1.53. The average molecular weight is 334 g/mol. The zero-order valence-corrected chi connectivity index (χ0v) is 13.8. The minimum Gasteiger partial charge on any atom is -0.396 e. The van der Waals surface area contributed by atoms with Crippen LogP contribution in [0.1, 0.15) is 23.2 Å². The minimum atomic E-state index is -0.0237. The molecule has 5 nitrogen and oxygen atoms in total. The lowest BCUT2D eigenvalue weighted by Crippen LogP contribution is -2.39. The van der Waals surface area contributed by atoms with E-state index >= 15 is 0 Å². The average Bonchev–Trinajstić information content (AvgIpc) is 2.96. The Bertz CT molecular complexity index is 706. The van der Waals surface area contributed by atoms with Gasteiger partial charge in [-0.2, -0.15) is 5.10 Å². The Morgan fingerprint density at radius 1 is 1.35 bits per heavy atom. The third-order valence-electron chi connectivity index (χ3n) is 4.35. The SMILES string of the molecule is Cn1cc(C(=O)N2CCC(CO)CC2)c(-c2ccccc2Cl)n1. The molecule has 1 fully saturated rings. The highest BCUT2D eigenvalue weighted by Crippen LogP contribution is 2.30. The number of rotatable bonds is 3. The number of aliphatic hydroxyl groups is 1. The number of aliphatic hydroxyl groups excluding tert-OH is 1. The molecule has 1 amide bonds. The molecule has 1 aliphatic heterocycles. The molecule has 122 valence electrons. The first-order valence-corrected chi connectivity index (χ1v) is 8.16. The van der Waals surface area contributed by atoms with Crippen molar-refractivity contribution in [3.8, 4) is 11.3 Å². The predicted molar refractivity (Wildman–Crippen MR) is 89.4 cm³/mol. The Labute approximate surface area is 140 Å². The van der Waals surface area contributed by atoms with E-state index in [1.54, 1.807) is 24.0 Å². The molecule has 1 saturated heterocycles. The van der Waals surface area contributed by atoms with Gasteiger partial charge in [0.1, 0.15) is 5.69 Å². The van der Waals surface area contributed by atoms with Gasteiger partial charge in [0.05, 0.1) is 10.6 Å². The van der Waals surface area contributed by atoms with Gasteiger partial charge in [-0.15, -0.1) is 0 Å². The predicted octanol–water partition coefficient (Wildman–Crippen LogP) is 2.59. The Morgan fingerprint density at radius 3 is 2.70 bits per heavy atom. The quantitative estimate of drug-likeness (QED) is 0.939. The summed E-state index contributed by atoms with van der Waals surface area (Å²) in [7, 11) is 1.80. The van der Waals surface area contributed by atoms with Gasteiger partial charge in [-0.3, -0.25) is 9.48 Å². The van der Waals surface area contributed by atoms with Crippen molar-refractivity contribution >= 4 is 17.5 Å². The first kappa shape index (κ1) is 16.0. The van der Waals surface area contributed by atoms with Crippen molar-refractivity contribution in [1.82, 2.24) is 14.7 Å². The van der Waals surface area contributed by atoms with E-state index in [-0.39, 0.29) is 12.5 Å². The van der Waals surface area contributed by atoms with Crippen molar-refractivity contribution in [3.63, 3.8) is 0 Å². The number of likely N-dealkylation sites (tertiary alicyclic amines) is 1. The van der Waals surface area contributed by atoms with Gasteiger partial charge in [0.2, 0.25) is 0 Å². The Hall–Kier alpha value is -1.85. The second kappa shape index (κ2) is 6.72. The van der Waals surface area contributed by atoms with Gasteiger partial charge in [-0.05, 0) is 24.8 Å². The molecule has 0 saturated carbocycles. The molecule has 0 atom stereocenters. The van der Waals surface area contributed by atoms with Crippen LogP contribution in [0.25, 0.3) is 11.3 Å². The van der Waals surface area contributed by atoms with E-state index in [1.807, 2.05) is 23.1 Å². The third kappa shape index (κ3) is 3.26. The van der Waals surface area contributed by atoms with Crippen molar-refractivity contribution in [3.05, 3.63) is 41.0 Å². The van der Waals surface area contributed by atoms with Gasteiger partial charge in [0, 0.05) is 38.5 Å². The summed E-state index contributed by atoms with van der Waals surface area (Å²) in [5.41, 5.74) is 1.96. The molecule has 1 N–H and O–H groups in total. The summed E-state index contributed by atoms with van der Waals surface area (Å²) < 4.78 is 1.65. The lowest BCUT2D eigenvalue weighted by molar-refractivity contribution is 0.0651. The summed E-state index contributed by atoms with van der Waals surface area (Å²) in [5, 5.41) is 14.2. The number of carbonyl (C=O) groups excluding carboxylic acids is 1. The van der Waals surface area contributed by atoms with Crippen LogP contribution < -0.4 is 0 Å². The van der Waals surface area contributed by atoms with Crippen LogP contribution in [-0.4, -0.2) is 45.4 Å². The van der Waals surface area contributed by atoms with Gasteiger partial charge in [0.15, 0.2) is 0 Å². The summed E-state index contributed by atoms with van der Waals surface area (Å²) in [5.74, 6) is 0.278. The summed E-state index contributed by atoms with van der Waals surface area (Å²) in [6.07, 6.45) is 3.42. The minimum absolute atomic E-state index is 0.0237. The summed E-state index contributed by atoms with van der Waals surface area (Å²) in [4.78, 5) is 14.7. The second-order valence-electron chi connectivity index (χ2n) is 5.96. The molecule has 1 aromatic carbocycles. The lowest BCUT2D eigenvalue weighted by Gasteiger charge is -2.31. The van der Waals surface area contributed by atoms with Crippen molar-refractivity contribution in [2.45, 2.75) is 12.8 Å². The number of piperidine rings is 1. The molecule has 1 aliphatic rings. The number of hydrogen-bond acceptors (Lipinski definition) is 3. The highest BCUT2D eigenvalue weighted by Gasteiger charge is 2.27. The smallest absolute Gasteiger partial charge is 0.257 e. The standard InChI is InChI=1S/C17H20ClN3O2/c1-20-10-14(16(19-20)13-4-2-3-5-15(13)18)17(23)21-8-6-12(11-22)7-9-21/h2-5,10,12,22H,6-9,11H2,1H3.